The summed E-state index contributed by atoms with van der Waals surface area (Å²) < 4.78 is 6.02. The number of nitrogens with zero attached hydrogens (tertiary/aromatic N) is 2. The van der Waals surface area contributed by atoms with Crippen molar-refractivity contribution in [1.29, 1.82) is 0 Å². The van der Waals surface area contributed by atoms with E-state index in [-0.39, 0.29) is 30.6 Å². The van der Waals surface area contributed by atoms with Crippen molar-refractivity contribution >= 4 is 23.3 Å². The second-order valence-electron chi connectivity index (χ2n) is 7.80. The summed E-state index contributed by atoms with van der Waals surface area (Å²) in [6.45, 7) is 7.51. The van der Waals surface area contributed by atoms with Crippen LogP contribution in [0.25, 0.3) is 0 Å². The van der Waals surface area contributed by atoms with E-state index in [0.717, 1.165) is 24.2 Å². The van der Waals surface area contributed by atoms with Crippen molar-refractivity contribution in [2.75, 3.05) is 26.2 Å². The van der Waals surface area contributed by atoms with Crippen LogP contribution in [0.2, 0.25) is 0 Å². The van der Waals surface area contributed by atoms with Crippen molar-refractivity contribution < 1.29 is 14.3 Å². The first-order chi connectivity index (χ1) is 14.5. The predicted octanol–water partition coefficient (Wildman–Crippen LogP) is 4.08. The van der Waals surface area contributed by atoms with Crippen molar-refractivity contribution in [3.8, 4) is 5.75 Å². The maximum atomic E-state index is 13.3. The molecule has 1 aromatic heterocycles. The lowest BCUT2D eigenvalue weighted by Gasteiger charge is -2.37. The molecule has 0 saturated carbocycles. The summed E-state index contributed by atoms with van der Waals surface area (Å²) in [5.41, 5.74) is 1.16. The second-order valence-corrected chi connectivity index (χ2v) is 8.80. The minimum Gasteiger partial charge on any atom is -0.491 e. The Labute approximate surface area is 182 Å². The number of rotatable bonds is 8. The monoisotopic (exact) mass is 429 g/mol. The van der Waals surface area contributed by atoms with Gasteiger partial charge in [-0.3, -0.25) is 4.79 Å². The van der Waals surface area contributed by atoms with Crippen molar-refractivity contribution in [3.63, 3.8) is 0 Å². The van der Waals surface area contributed by atoms with Crippen LogP contribution in [0, 0.1) is 0 Å². The van der Waals surface area contributed by atoms with E-state index in [1.54, 1.807) is 16.2 Å². The van der Waals surface area contributed by atoms with Gasteiger partial charge in [-0.05, 0) is 55.8 Å². The van der Waals surface area contributed by atoms with Gasteiger partial charge in [0.25, 0.3) is 0 Å². The van der Waals surface area contributed by atoms with Crippen molar-refractivity contribution in [2.45, 2.75) is 45.7 Å². The van der Waals surface area contributed by atoms with E-state index < -0.39 is 0 Å². The average Bonchev–Trinajstić information content (AvgIpc) is 3.21. The molecule has 1 atom stereocenters. The number of amides is 3. The maximum absolute atomic E-state index is 13.3. The molecule has 2 aromatic rings. The Hall–Kier alpha value is -2.54. The standard InChI is InChI=1S/C23H31N3O3S/c1-4-12-25(23(28)24-17(2)3)15-22(27)26-13-10-21-19(11-14-30-21)20(26)16-29-18-8-6-5-7-9-18/h5-9,11,14,17,20H,4,10,12-13,15-16H2,1-3H3,(H,24,28). The number of thiophene rings is 1. The Morgan fingerprint density at radius 1 is 1.27 bits per heavy atom. The smallest absolute Gasteiger partial charge is 0.318 e. The highest BCUT2D eigenvalue weighted by Gasteiger charge is 2.33. The molecule has 0 spiro atoms. The van der Waals surface area contributed by atoms with Gasteiger partial charge in [-0.15, -0.1) is 11.3 Å². The zero-order valence-electron chi connectivity index (χ0n) is 18.0. The highest BCUT2D eigenvalue weighted by molar-refractivity contribution is 7.10. The van der Waals surface area contributed by atoms with Gasteiger partial charge in [-0.2, -0.15) is 0 Å². The number of nitrogens with one attached hydrogen (secondary N) is 1. The minimum absolute atomic E-state index is 0.0299. The zero-order valence-corrected chi connectivity index (χ0v) is 18.8. The number of carbonyl (C=O) groups is 2. The third-order valence-corrected chi connectivity index (χ3v) is 6.08. The lowest BCUT2D eigenvalue weighted by atomic mass is 10.0. The molecule has 1 aromatic carbocycles. The van der Waals surface area contributed by atoms with Gasteiger partial charge in [0.2, 0.25) is 5.91 Å². The molecule has 162 valence electrons. The number of benzene rings is 1. The average molecular weight is 430 g/mol. The fraction of sp³-hybridized carbons (Fsp3) is 0.478. The quantitative estimate of drug-likeness (QED) is 0.688. The van der Waals surface area contributed by atoms with E-state index >= 15 is 0 Å². The Kier molecular flexibility index (Phi) is 7.74. The molecule has 0 fully saturated rings. The Bertz CT molecular complexity index is 837. The highest BCUT2D eigenvalue weighted by Crippen LogP contribution is 2.34. The SMILES string of the molecule is CCCN(CC(=O)N1CCc2sccc2C1COc1ccccc1)C(=O)NC(C)C. The molecule has 1 N–H and O–H groups in total. The normalized spacial score (nSPS) is 15.6. The van der Waals surface area contributed by atoms with Crippen molar-refractivity contribution in [2.24, 2.45) is 0 Å². The molecule has 1 aliphatic heterocycles. The Morgan fingerprint density at radius 2 is 2.03 bits per heavy atom. The number of hydrogen-bond acceptors (Lipinski definition) is 4. The van der Waals surface area contributed by atoms with Crippen LogP contribution in [0.4, 0.5) is 4.79 Å². The fourth-order valence-electron chi connectivity index (χ4n) is 3.68. The van der Waals surface area contributed by atoms with Crippen LogP contribution in [-0.4, -0.2) is 54.0 Å². The lowest BCUT2D eigenvalue weighted by molar-refractivity contribution is -0.135. The van der Waals surface area contributed by atoms with Crippen LogP contribution in [0.5, 0.6) is 5.75 Å². The molecule has 0 aliphatic carbocycles. The largest absolute Gasteiger partial charge is 0.491 e. The first-order valence-electron chi connectivity index (χ1n) is 10.6. The summed E-state index contributed by atoms with van der Waals surface area (Å²) in [6, 6.07) is 11.4. The van der Waals surface area contributed by atoms with Gasteiger partial charge in [-0.1, -0.05) is 25.1 Å². The van der Waals surface area contributed by atoms with Crippen molar-refractivity contribution in [3.05, 3.63) is 52.2 Å². The fourth-order valence-corrected chi connectivity index (χ4v) is 4.61. The maximum Gasteiger partial charge on any atom is 0.318 e. The Morgan fingerprint density at radius 3 is 2.73 bits per heavy atom. The van der Waals surface area contributed by atoms with Crippen molar-refractivity contribution in [1.82, 2.24) is 15.1 Å². The lowest BCUT2D eigenvalue weighted by Crippen LogP contribution is -2.50. The summed E-state index contributed by atoms with van der Waals surface area (Å²) in [6.07, 6.45) is 1.64. The topological polar surface area (TPSA) is 61.9 Å². The minimum atomic E-state index is -0.189. The van der Waals surface area contributed by atoms with Crippen LogP contribution in [0.15, 0.2) is 41.8 Å². The van der Waals surface area contributed by atoms with Gasteiger partial charge in [-0.25, -0.2) is 4.79 Å². The van der Waals surface area contributed by atoms with E-state index in [1.165, 1.54) is 4.88 Å². The number of fused-ring (bicyclic) bond motifs is 1. The van der Waals surface area contributed by atoms with E-state index in [4.69, 9.17) is 4.74 Å². The van der Waals surface area contributed by atoms with Gasteiger partial charge >= 0.3 is 6.03 Å². The van der Waals surface area contributed by atoms with E-state index in [2.05, 4.69) is 16.8 Å². The summed E-state index contributed by atoms with van der Waals surface area (Å²) in [5, 5.41) is 4.98. The van der Waals surface area contributed by atoms with Gasteiger partial charge in [0.1, 0.15) is 18.9 Å². The number of carbonyl (C=O) groups excluding carboxylic acids is 2. The molecule has 30 heavy (non-hydrogen) atoms. The third kappa shape index (κ3) is 5.53. The third-order valence-electron chi connectivity index (χ3n) is 5.09. The Balaban J connectivity index is 1.74. The molecule has 0 saturated heterocycles. The molecule has 1 unspecified atom stereocenters. The van der Waals surface area contributed by atoms with Crippen LogP contribution in [0.3, 0.4) is 0 Å². The van der Waals surface area contributed by atoms with Crippen LogP contribution in [0.1, 0.15) is 43.7 Å². The molecule has 0 radical (unpaired) electrons. The highest BCUT2D eigenvalue weighted by atomic mass is 32.1. The summed E-state index contributed by atoms with van der Waals surface area (Å²) >= 11 is 1.73. The summed E-state index contributed by atoms with van der Waals surface area (Å²) in [5.74, 6) is 0.747. The molecular weight excluding hydrogens is 398 g/mol. The van der Waals surface area contributed by atoms with Crippen LogP contribution >= 0.6 is 11.3 Å². The van der Waals surface area contributed by atoms with Gasteiger partial charge < -0.3 is 19.9 Å². The number of ether oxygens (including phenoxy) is 1. The van der Waals surface area contributed by atoms with Crippen LogP contribution < -0.4 is 10.1 Å². The number of para-hydroxylation sites is 1. The van der Waals surface area contributed by atoms with Gasteiger partial charge in [0.15, 0.2) is 0 Å². The molecule has 3 amide bonds. The first-order valence-corrected chi connectivity index (χ1v) is 11.5. The molecule has 6 nitrogen and oxygen atoms in total. The van der Waals surface area contributed by atoms with Crippen LogP contribution in [-0.2, 0) is 11.2 Å². The first kappa shape index (κ1) is 22.2. The molecule has 0 bridgehead atoms. The number of urea groups is 1. The second kappa shape index (κ2) is 10.5. The van der Waals surface area contributed by atoms with Gasteiger partial charge in [0, 0.05) is 24.0 Å². The summed E-state index contributed by atoms with van der Waals surface area (Å²) in [7, 11) is 0. The predicted molar refractivity (Wildman–Crippen MR) is 120 cm³/mol. The molecule has 1 aliphatic rings. The summed E-state index contributed by atoms with van der Waals surface area (Å²) in [4.78, 5) is 30.6. The van der Waals surface area contributed by atoms with E-state index in [0.29, 0.717) is 19.7 Å². The molecule has 7 heteroatoms. The molecule has 3 rings (SSSR count). The zero-order chi connectivity index (χ0) is 21.5. The number of hydrogen-bond donors (Lipinski definition) is 1. The molecule has 2 heterocycles. The van der Waals surface area contributed by atoms with E-state index in [1.807, 2.05) is 56.0 Å². The molecular formula is C23H31N3O3S. The van der Waals surface area contributed by atoms with E-state index in [9.17, 15) is 9.59 Å². The van der Waals surface area contributed by atoms with Gasteiger partial charge in [0.05, 0.1) is 6.04 Å².